The molecule has 2 aliphatic rings. The Kier molecular flexibility index (Phi) is 6.15. The normalized spacial score (nSPS) is 23.1. The van der Waals surface area contributed by atoms with Crippen molar-refractivity contribution in [2.24, 2.45) is 5.92 Å². The molecule has 0 saturated carbocycles. The lowest BCUT2D eigenvalue weighted by molar-refractivity contribution is 0.212. The molecular weight excluding hydrogens is 421 g/mol. The zero-order chi connectivity index (χ0) is 22.0. The number of sulfonamides is 1. The molecule has 0 unspecified atom stereocenters. The number of urea groups is 1. The molecule has 0 spiro atoms. The van der Waals surface area contributed by atoms with Crippen molar-refractivity contribution in [2.45, 2.75) is 24.6 Å². The Balaban J connectivity index is 1.39. The first kappa shape index (κ1) is 21.6. The summed E-state index contributed by atoms with van der Waals surface area (Å²) < 4.78 is 46.1. The zero-order valence-electron chi connectivity index (χ0n) is 17.3. The maximum atomic E-state index is 13.2. The number of benzene rings is 2. The predicted molar refractivity (Wildman–Crippen MR) is 116 cm³/mol. The van der Waals surface area contributed by atoms with Gasteiger partial charge in [-0.25, -0.2) is 17.6 Å². The molecule has 2 aromatic rings. The van der Waals surface area contributed by atoms with Crippen LogP contribution in [0.25, 0.3) is 0 Å². The minimum Gasteiger partial charge on any atom is -0.497 e. The van der Waals surface area contributed by atoms with E-state index in [0.29, 0.717) is 44.7 Å². The first-order valence-corrected chi connectivity index (χ1v) is 11.8. The highest BCUT2D eigenvalue weighted by Gasteiger charge is 2.47. The molecule has 4 rings (SSSR count). The molecule has 7 nitrogen and oxygen atoms in total. The first-order chi connectivity index (χ1) is 14.9. The van der Waals surface area contributed by atoms with E-state index in [2.05, 4.69) is 5.32 Å². The molecule has 2 fully saturated rings. The van der Waals surface area contributed by atoms with E-state index in [1.54, 1.807) is 16.3 Å². The molecule has 2 aliphatic heterocycles. The van der Waals surface area contributed by atoms with Crippen molar-refractivity contribution in [3.8, 4) is 5.75 Å². The number of nitrogens with zero attached hydrogens (tertiary/aromatic N) is 2. The molecule has 31 heavy (non-hydrogen) atoms. The van der Waals surface area contributed by atoms with Crippen molar-refractivity contribution in [3.05, 3.63) is 59.9 Å². The fourth-order valence-corrected chi connectivity index (χ4v) is 6.55. The van der Waals surface area contributed by atoms with Crippen LogP contribution >= 0.6 is 0 Å². The summed E-state index contributed by atoms with van der Waals surface area (Å²) in [6.45, 7) is 1.66. The van der Waals surface area contributed by atoms with Crippen LogP contribution in [0.4, 0.5) is 14.9 Å². The van der Waals surface area contributed by atoms with E-state index in [1.165, 1.54) is 24.3 Å². The Hall–Kier alpha value is -2.65. The van der Waals surface area contributed by atoms with E-state index in [9.17, 15) is 17.6 Å². The third-order valence-corrected chi connectivity index (χ3v) is 8.44. The summed E-state index contributed by atoms with van der Waals surface area (Å²) in [6.07, 6.45) is 1.03. The average molecular weight is 448 g/mol. The van der Waals surface area contributed by atoms with Crippen LogP contribution in [0.15, 0.2) is 48.5 Å². The van der Waals surface area contributed by atoms with Crippen molar-refractivity contribution in [3.63, 3.8) is 0 Å². The number of amides is 2. The number of hydrogen-bond donors (Lipinski definition) is 1. The lowest BCUT2D eigenvalue weighted by Crippen LogP contribution is -2.37. The van der Waals surface area contributed by atoms with Gasteiger partial charge in [0.2, 0.25) is 10.0 Å². The Bertz CT molecular complexity index is 1030. The number of carbonyl (C=O) groups excluding carboxylic acids is 1. The lowest BCUT2D eigenvalue weighted by atomic mass is 10.0. The van der Waals surface area contributed by atoms with E-state index in [1.807, 2.05) is 24.3 Å². The second kappa shape index (κ2) is 8.84. The molecule has 0 aromatic heterocycles. The molecule has 0 aliphatic carbocycles. The number of nitrogens with one attached hydrogen (secondary N) is 1. The summed E-state index contributed by atoms with van der Waals surface area (Å²) in [6, 6.07) is 12.7. The minimum absolute atomic E-state index is 0.00753. The van der Waals surface area contributed by atoms with Crippen LogP contribution in [0, 0.1) is 11.7 Å². The van der Waals surface area contributed by atoms with Gasteiger partial charge in [0.15, 0.2) is 0 Å². The standard InChI is InChI=1S/C22H26FN3O4S/c1-30-20-8-2-16(3-9-20)14-26-15-17-10-12-25(13-11-21(17)31(26,28)29)22(27)24-19-6-4-18(23)5-7-19/h2-9,17,21H,10-15H2,1H3,(H,24,27)/t17-,21-/m0/s1. The highest BCUT2D eigenvalue weighted by atomic mass is 32.2. The molecule has 2 aromatic carbocycles. The van der Waals surface area contributed by atoms with Crippen molar-refractivity contribution in [1.29, 1.82) is 0 Å². The van der Waals surface area contributed by atoms with E-state index < -0.39 is 15.3 Å². The van der Waals surface area contributed by atoms with Gasteiger partial charge in [-0.3, -0.25) is 0 Å². The number of ether oxygens (including phenoxy) is 1. The monoisotopic (exact) mass is 447 g/mol. The number of hydrogen-bond acceptors (Lipinski definition) is 4. The van der Waals surface area contributed by atoms with Crippen LogP contribution in [0.3, 0.4) is 0 Å². The Morgan fingerprint density at radius 1 is 1.10 bits per heavy atom. The molecule has 9 heteroatoms. The number of rotatable bonds is 4. The molecule has 0 radical (unpaired) electrons. The van der Waals surface area contributed by atoms with Gasteiger partial charge < -0.3 is 15.0 Å². The van der Waals surface area contributed by atoms with Gasteiger partial charge in [0, 0.05) is 31.9 Å². The largest absolute Gasteiger partial charge is 0.497 e. The summed E-state index contributed by atoms with van der Waals surface area (Å²) in [7, 11) is -1.84. The van der Waals surface area contributed by atoms with Crippen molar-refractivity contribution < 1.29 is 22.3 Å². The Morgan fingerprint density at radius 2 is 1.77 bits per heavy atom. The molecule has 0 bridgehead atoms. The fraction of sp³-hybridized carbons (Fsp3) is 0.409. The number of halogens is 1. The van der Waals surface area contributed by atoms with Gasteiger partial charge in [0.25, 0.3) is 0 Å². The highest BCUT2D eigenvalue weighted by Crippen LogP contribution is 2.35. The lowest BCUT2D eigenvalue weighted by Gasteiger charge is -2.22. The van der Waals surface area contributed by atoms with Gasteiger partial charge in [-0.1, -0.05) is 12.1 Å². The van der Waals surface area contributed by atoms with Gasteiger partial charge in [0.05, 0.1) is 12.4 Å². The zero-order valence-corrected chi connectivity index (χ0v) is 18.1. The van der Waals surface area contributed by atoms with Crippen molar-refractivity contribution in [2.75, 3.05) is 32.1 Å². The second-order valence-corrected chi connectivity index (χ2v) is 10.1. The predicted octanol–water partition coefficient (Wildman–Crippen LogP) is 3.29. The summed E-state index contributed by atoms with van der Waals surface area (Å²) in [5.41, 5.74) is 1.43. The SMILES string of the molecule is COc1ccc(CN2C[C@@H]3CCN(C(=O)Nc4ccc(F)cc4)CC[C@@H]3S2(=O)=O)cc1. The third kappa shape index (κ3) is 4.67. The summed E-state index contributed by atoms with van der Waals surface area (Å²) in [4.78, 5) is 14.2. The molecular formula is C22H26FN3O4S. The molecule has 2 atom stereocenters. The first-order valence-electron chi connectivity index (χ1n) is 10.3. The van der Waals surface area contributed by atoms with E-state index >= 15 is 0 Å². The quantitative estimate of drug-likeness (QED) is 0.780. The summed E-state index contributed by atoms with van der Waals surface area (Å²) in [5, 5.41) is 2.28. The van der Waals surface area contributed by atoms with Crippen LogP contribution in [0.1, 0.15) is 18.4 Å². The topological polar surface area (TPSA) is 79.0 Å². The third-order valence-electron chi connectivity index (χ3n) is 6.06. The number of methoxy groups -OCH3 is 1. The van der Waals surface area contributed by atoms with E-state index in [4.69, 9.17) is 4.74 Å². The smallest absolute Gasteiger partial charge is 0.321 e. The van der Waals surface area contributed by atoms with E-state index in [-0.39, 0.29) is 17.8 Å². The molecule has 1 N–H and O–H groups in total. The maximum absolute atomic E-state index is 13.2. The molecule has 166 valence electrons. The minimum atomic E-state index is -3.44. The molecule has 2 amide bonds. The van der Waals surface area contributed by atoms with Crippen LogP contribution in [0.2, 0.25) is 0 Å². The Morgan fingerprint density at radius 3 is 2.45 bits per heavy atom. The molecule has 2 saturated heterocycles. The van der Waals surface area contributed by atoms with Gasteiger partial charge >= 0.3 is 6.03 Å². The van der Waals surface area contributed by atoms with Gasteiger partial charge in [0.1, 0.15) is 11.6 Å². The van der Waals surface area contributed by atoms with Crippen LogP contribution in [0.5, 0.6) is 5.75 Å². The van der Waals surface area contributed by atoms with Crippen LogP contribution in [-0.4, -0.2) is 55.6 Å². The summed E-state index contributed by atoms with van der Waals surface area (Å²) >= 11 is 0. The van der Waals surface area contributed by atoms with Gasteiger partial charge in [-0.05, 0) is 60.7 Å². The van der Waals surface area contributed by atoms with Crippen molar-refractivity contribution >= 4 is 21.7 Å². The van der Waals surface area contributed by atoms with E-state index in [0.717, 1.165) is 11.3 Å². The number of carbonyl (C=O) groups is 1. The van der Waals surface area contributed by atoms with Crippen LogP contribution < -0.4 is 10.1 Å². The Labute approximate surface area is 181 Å². The van der Waals surface area contributed by atoms with Gasteiger partial charge in [-0.15, -0.1) is 0 Å². The fourth-order valence-electron chi connectivity index (χ4n) is 4.32. The number of fused-ring (bicyclic) bond motifs is 1. The number of anilines is 1. The van der Waals surface area contributed by atoms with Gasteiger partial charge in [-0.2, -0.15) is 4.31 Å². The average Bonchev–Trinajstić information content (AvgIpc) is 2.89. The highest BCUT2D eigenvalue weighted by molar-refractivity contribution is 7.90. The van der Waals surface area contributed by atoms with Crippen molar-refractivity contribution in [1.82, 2.24) is 9.21 Å². The van der Waals surface area contributed by atoms with Crippen LogP contribution in [-0.2, 0) is 16.6 Å². The number of likely N-dealkylation sites (tertiary alicyclic amines) is 1. The summed E-state index contributed by atoms with van der Waals surface area (Å²) in [5.74, 6) is 0.356. The second-order valence-electron chi connectivity index (χ2n) is 7.99. The molecule has 2 heterocycles. The maximum Gasteiger partial charge on any atom is 0.321 e.